The molecule has 3 aromatic carbocycles. The lowest BCUT2D eigenvalue weighted by Gasteiger charge is -2.09. The van der Waals surface area contributed by atoms with E-state index in [1.165, 1.54) is 6.21 Å². The summed E-state index contributed by atoms with van der Waals surface area (Å²) in [6.07, 6.45) is 1.39. The van der Waals surface area contributed by atoms with E-state index in [0.29, 0.717) is 29.3 Å². The zero-order valence-corrected chi connectivity index (χ0v) is 19.4. The highest BCUT2D eigenvalue weighted by Crippen LogP contribution is 2.16. The second kappa shape index (κ2) is 12.5. The Balaban J connectivity index is 1.41. The topological polar surface area (TPSA) is 118 Å². The zero-order valence-electron chi connectivity index (χ0n) is 19.4. The van der Waals surface area contributed by atoms with Gasteiger partial charge in [0.15, 0.2) is 6.61 Å². The van der Waals surface area contributed by atoms with Gasteiger partial charge in [-0.05, 0) is 85.6 Å². The lowest BCUT2D eigenvalue weighted by Crippen LogP contribution is -2.32. The maximum absolute atomic E-state index is 12.1. The maximum Gasteiger partial charge on any atom is 0.329 e. The van der Waals surface area contributed by atoms with E-state index in [2.05, 4.69) is 21.2 Å². The molecule has 3 amide bonds. The highest BCUT2D eigenvalue weighted by molar-refractivity contribution is 6.39. The van der Waals surface area contributed by atoms with Gasteiger partial charge in [-0.25, -0.2) is 5.43 Å². The molecule has 0 aromatic heterocycles. The molecule has 0 saturated heterocycles. The molecular formula is C26H26N4O5. The molecule has 9 heteroatoms. The third kappa shape index (κ3) is 8.32. The van der Waals surface area contributed by atoms with Crippen LogP contribution in [0.1, 0.15) is 18.1 Å². The number of hydrogen-bond acceptors (Lipinski definition) is 6. The molecule has 0 atom stereocenters. The summed E-state index contributed by atoms with van der Waals surface area (Å²) in [5.41, 5.74) is 4.97. The third-order valence-electron chi connectivity index (χ3n) is 4.56. The van der Waals surface area contributed by atoms with Gasteiger partial charge in [-0.2, -0.15) is 5.10 Å². The molecule has 0 saturated carbocycles. The van der Waals surface area contributed by atoms with Crippen LogP contribution in [0.3, 0.4) is 0 Å². The molecule has 3 rings (SSSR count). The van der Waals surface area contributed by atoms with Gasteiger partial charge in [0.25, 0.3) is 5.91 Å². The van der Waals surface area contributed by atoms with Crippen LogP contribution in [0.5, 0.6) is 11.5 Å². The SMILES string of the molecule is CCOc1ccc(NC(=O)COc2ccc(/C=N\NC(=O)C(=O)Nc3cccc(C)c3)cc2)cc1. The number of aryl methyl sites for hydroxylation is 1. The van der Waals surface area contributed by atoms with E-state index in [1.54, 1.807) is 66.7 Å². The van der Waals surface area contributed by atoms with Gasteiger partial charge in [0.2, 0.25) is 0 Å². The van der Waals surface area contributed by atoms with Crippen LogP contribution >= 0.6 is 0 Å². The Labute approximate surface area is 203 Å². The first kappa shape index (κ1) is 25.0. The molecule has 0 heterocycles. The van der Waals surface area contributed by atoms with Crippen molar-refractivity contribution in [1.29, 1.82) is 0 Å². The number of nitrogens with zero attached hydrogens (tertiary/aromatic N) is 1. The standard InChI is InChI=1S/C26H26N4O5/c1-3-34-22-13-9-20(10-14-22)28-24(31)17-35-23-11-7-19(8-12-23)16-27-30-26(33)25(32)29-21-6-4-5-18(2)15-21/h4-16H,3,17H2,1-2H3,(H,28,31)(H,29,32)(H,30,33)/b27-16-. The summed E-state index contributed by atoms with van der Waals surface area (Å²) in [5, 5.41) is 9.04. The van der Waals surface area contributed by atoms with Gasteiger partial charge in [0.05, 0.1) is 12.8 Å². The number of nitrogens with one attached hydrogen (secondary N) is 3. The number of carbonyl (C=O) groups is 3. The fourth-order valence-corrected chi connectivity index (χ4v) is 2.92. The monoisotopic (exact) mass is 474 g/mol. The molecule has 35 heavy (non-hydrogen) atoms. The Morgan fingerprint density at radius 2 is 1.51 bits per heavy atom. The van der Waals surface area contributed by atoms with E-state index in [-0.39, 0.29) is 12.5 Å². The fraction of sp³-hybridized carbons (Fsp3) is 0.154. The first-order valence-electron chi connectivity index (χ1n) is 10.9. The van der Waals surface area contributed by atoms with Crippen LogP contribution in [-0.2, 0) is 14.4 Å². The number of rotatable bonds is 9. The number of hydrazone groups is 1. The Bertz CT molecular complexity index is 1190. The fourth-order valence-electron chi connectivity index (χ4n) is 2.92. The molecule has 0 aliphatic heterocycles. The largest absolute Gasteiger partial charge is 0.494 e. The molecule has 3 N–H and O–H groups in total. The van der Waals surface area contributed by atoms with Crippen molar-refractivity contribution >= 4 is 35.3 Å². The Hall–Kier alpha value is -4.66. The second-order valence-corrected chi connectivity index (χ2v) is 7.39. The summed E-state index contributed by atoms with van der Waals surface area (Å²) in [7, 11) is 0. The van der Waals surface area contributed by atoms with Crippen LogP contribution in [0.15, 0.2) is 77.9 Å². The van der Waals surface area contributed by atoms with Crippen molar-refractivity contribution in [3.63, 3.8) is 0 Å². The van der Waals surface area contributed by atoms with Crippen LogP contribution in [0.4, 0.5) is 11.4 Å². The van der Waals surface area contributed by atoms with E-state index in [0.717, 1.165) is 11.3 Å². The van der Waals surface area contributed by atoms with Crippen molar-refractivity contribution in [3.05, 3.63) is 83.9 Å². The number of ether oxygens (including phenoxy) is 2. The minimum atomic E-state index is -0.888. The average Bonchev–Trinajstić information content (AvgIpc) is 2.85. The predicted molar refractivity (Wildman–Crippen MR) is 134 cm³/mol. The number of amides is 3. The lowest BCUT2D eigenvalue weighted by atomic mass is 10.2. The van der Waals surface area contributed by atoms with E-state index < -0.39 is 11.8 Å². The lowest BCUT2D eigenvalue weighted by molar-refractivity contribution is -0.136. The van der Waals surface area contributed by atoms with Crippen LogP contribution < -0.4 is 25.5 Å². The molecule has 0 radical (unpaired) electrons. The van der Waals surface area contributed by atoms with Crippen molar-refractivity contribution in [1.82, 2.24) is 5.43 Å². The number of carbonyl (C=O) groups excluding carboxylic acids is 3. The van der Waals surface area contributed by atoms with Crippen molar-refractivity contribution in [2.45, 2.75) is 13.8 Å². The molecule has 3 aromatic rings. The summed E-state index contributed by atoms with van der Waals surface area (Å²) in [6.45, 7) is 4.20. The minimum Gasteiger partial charge on any atom is -0.494 e. The summed E-state index contributed by atoms with van der Waals surface area (Å²) in [4.78, 5) is 35.9. The van der Waals surface area contributed by atoms with Gasteiger partial charge in [-0.1, -0.05) is 12.1 Å². The summed E-state index contributed by atoms with van der Waals surface area (Å²) in [5.74, 6) is -0.784. The van der Waals surface area contributed by atoms with Gasteiger partial charge in [-0.15, -0.1) is 0 Å². The van der Waals surface area contributed by atoms with E-state index in [4.69, 9.17) is 9.47 Å². The summed E-state index contributed by atoms with van der Waals surface area (Å²) >= 11 is 0. The van der Waals surface area contributed by atoms with Gasteiger partial charge < -0.3 is 20.1 Å². The van der Waals surface area contributed by atoms with Crippen molar-refractivity contribution in [3.8, 4) is 11.5 Å². The van der Waals surface area contributed by atoms with E-state index in [9.17, 15) is 14.4 Å². The molecule has 9 nitrogen and oxygen atoms in total. The van der Waals surface area contributed by atoms with E-state index >= 15 is 0 Å². The van der Waals surface area contributed by atoms with Crippen LogP contribution in [0.2, 0.25) is 0 Å². The normalized spacial score (nSPS) is 10.5. The molecule has 0 aliphatic rings. The molecule has 0 unspecified atom stereocenters. The number of hydrogen-bond donors (Lipinski definition) is 3. The quantitative estimate of drug-likeness (QED) is 0.249. The third-order valence-corrected chi connectivity index (χ3v) is 4.56. The molecule has 180 valence electrons. The van der Waals surface area contributed by atoms with Gasteiger partial charge >= 0.3 is 11.8 Å². The Kier molecular flexibility index (Phi) is 8.95. The maximum atomic E-state index is 12.1. The molecule has 0 bridgehead atoms. The molecule has 0 fully saturated rings. The van der Waals surface area contributed by atoms with Crippen LogP contribution in [-0.4, -0.2) is 37.1 Å². The van der Waals surface area contributed by atoms with Crippen molar-refractivity contribution < 1.29 is 23.9 Å². The first-order chi connectivity index (χ1) is 16.9. The highest BCUT2D eigenvalue weighted by Gasteiger charge is 2.12. The minimum absolute atomic E-state index is 0.160. The Morgan fingerprint density at radius 3 is 2.20 bits per heavy atom. The highest BCUT2D eigenvalue weighted by atomic mass is 16.5. The van der Waals surface area contributed by atoms with Crippen LogP contribution in [0, 0.1) is 6.92 Å². The van der Waals surface area contributed by atoms with Gasteiger partial charge in [0, 0.05) is 11.4 Å². The smallest absolute Gasteiger partial charge is 0.329 e. The number of benzene rings is 3. The Morgan fingerprint density at radius 1 is 0.829 bits per heavy atom. The molecule has 0 spiro atoms. The van der Waals surface area contributed by atoms with Crippen LogP contribution in [0.25, 0.3) is 0 Å². The first-order valence-corrected chi connectivity index (χ1v) is 10.9. The summed E-state index contributed by atoms with van der Waals surface area (Å²) < 4.78 is 10.9. The van der Waals surface area contributed by atoms with Gasteiger partial charge in [0.1, 0.15) is 11.5 Å². The van der Waals surface area contributed by atoms with Crippen molar-refractivity contribution in [2.24, 2.45) is 5.10 Å². The number of anilines is 2. The van der Waals surface area contributed by atoms with E-state index in [1.807, 2.05) is 19.9 Å². The average molecular weight is 475 g/mol. The summed E-state index contributed by atoms with van der Waals surface area (Å²) in [6, 6.07) is 20.9. The predicted octanol–water partition coefficient (Wildman–Crippen LogP) is 3.50. The second-order valence-electron chi connectivity index (χ2n) is 7.39. The molecular weight excluding hydrogens is 448 g/mol. The molecule has 0 aliphatic carbocycles. The van der Waals surface area contributed by atoms with Gasteiger partial charge in [-0.3, -0.25) is 14.4 Å². The van der Waals surface area contributed by atoms with Crippen molar-refractivity contribution in [2.75, 3.05) is 23.8 Å². The zero-order chi connectivity index (χ0) is 25.0.